The van der Waals surface area contributed by atoms with Crippen LogP contribution in [-0.2, 0) is 16.5 Å². The number of benzene rings is 1. The van der Waals surface area contributed by atoms with Crippen LogP contribution < -0.4 is 4.18 Å². The first-order valence-electron chi connectivity index (χ1n) is 6.16. The number of alkyl halides is 3. The van der Waals surface area contributed by atoms with E-state index in [0.29, 0.717) is 5.56 Å². The van der Waals surface area contributed by atoms with Gasteiger partial charge in [-0.1, -0.05) is 29.9 Å². The van der Waals surface area contributed by atoms with Gasteiger partial charge in [0.2, 0.25) is 0 Å². The summed E-state index contributed by atoms with van der Waals surface area (Å²) in [6.07, 6.45) is 6.95. The lowest BCUT2D eigenvalue weighted by atomic mass is 9.97. The molecule has 0 N–H and O–H groups in total. The fourth-order valence-corrected chi connectivity index (χ4v) is 2.36. The van der Waals surface area contributed by atoms with E-state index in [1.165, 1.54) is 17.7 Å². The average Bonchev–Trinajstić information content (AvgIpc) is 2.33. The van der Waals surface area contributed by atoms with Crippen molar-refractivity contribution in [2.24, 2.45) is 0 Å². The first-order valence-corrected chi connectivity index (χ1v) is 7.57. The number of fused-ring (bicyclic) bond motifs is 1. The third kappa shape index (κ3) is 3.66. The Balaban J connectivity index is 2.33. The van der Waals surface area contributed by atoms with Crippen molar-refractivity contribution < 1.29 is 25.8 Å². The van der Waals surface area contributed by atoms with Gasteiger partial charge in [0.25, 0.3) is 0 Å². The molecule has 2 rings (SSSR count). The molecule has 0 aliphatic heterocycles. The molecule has 0 radical (unpaired) electrons. The summed E-state index contributed by atoms with van der Waals surface area (Å²) in [4.78, 5) is 0. The maximum Gasteiger partial charge on any atom is 0.534 e. The van der Waals surface area contributed by atoms with E-state index in [4.69, 9.17) is 0 Å². The Hall–Kier alpha value is -1.76. The lowest BCUT2D eigenvalue weighted by molar-refractivity contribution is -0.0500. The van der Waals surface area contributed by atoms with Crippen LogP contribution >= 0.6 is 0 Å². The van der Waals surface area contributed by atoms with Crippen LogP contribution in [0.2, 0.25) is 0 Å². The molecule has 0 aromatic heterocycles. The number of hydrogen-bond acceptors (Lipinski definition) is 3. The van der Waals surface area contributed by atoms with Gasteiger partial charge in [-0.3, -0.25) is 0 Å². The Kier molecular flexibility index (Phi) is 4.13. The number of halogens is 3. The van der Waals surface area contributed by atoms with E-state index in [2.05, 4.69) is 4.18 Å². The second-order valence-electron chi connectivity index (χ2n) is 4.72. The fourth-order valence-electron chi connectivity index (χ4n) is 1.91. The molecule has 0 bridgehead atoms. The Morgan fingerprint density at radius 1 is 1.19 bits per heavy atom. The molecule has 1 aromatic carbocycles. The third-order valence-electron chi connectivity index (χ3n) is 3.05. The maximum absolute atomic E-state index is 12.3. The molecule has 0 fully saturated rings. The molecule has 21 heavy (non-hydrogen) atoms. The van der Waals surface area contributed by atoms with Gasteiger partial charge in [0, 0.05) is 0 Å². The zero-order valence-electron chi connectivity index (χ0n) is 11.1. The van der Waals surface area contributed by atoms with E-state index in [1.807, 2.05) is 13.0 Å². The molecular weight excluding hydrogens is 305 g/mol. The monoisotopic (exact) mass is 318 g/mol. The smallest absolute Gasteiger partial charge is 0.376 e. The van der Waals surface area contributed by atoms with Crippen LogP contribution in [0.25, 0.3) is 6.08 Å². The van der Waals surface area contributed by atoms with Gasteiger partial charge < -0.3 is 4.18 Å². The van der Waals surface area contributed by atoms with Crippen molar-refractivity contribution in [1.29, 1.82) is 0 Å². The zero-order chi connectivity index (χ0) is 15.7. The highest BCUT2D eigenvalue weighted by molar-refractivity contribution is 7.88. The van der Waals surface area contributed by atoms with Crippen LogP contribution in [0.1, 0.15) is 24.5 Å². The molecule has 0 saturated carbocycles. The molecule has 0 saturated heterocycles. The van der Waals surface area contributed by atoms with Gasteiger partial charge in [-0.05, 0) is 43.0 Å². The lowest BCUT2D eigenvalue weighted by Gasteiger charge is -2.13. The zero-order valence-corrected chi connectivity index (χ0v) is 12.0. The minimum Gasteiger partial charge on any atom is -0.376 e. The van der Waals surface area contributed by atoms with Crippen molar-refractivity contribution in [2.75, 3.05) is 0 Å². The molecule has 0 heterocycles. The van der Waals surface area contributed by atoms with Crippen molar-refractivity contribution in [2.45, 2.75) is 25.3 Å². The molecule has 3 nitrogen and oxygen atoms in total. The predicted octanol–water partition coefficient (Wildman–Crippen LogP) is 3.82. The number of hydrogen-bond donors (Lipinski definition) is 0. The lowest BCUT2D eigenvalue weighted by Crippen LogP contribution is -2.28. The summed E-state index contributed by atoms with van der Waals surface area (Å²) in [6, 6.07) is 4.11. The number of aryl methyl sites for hydroxylation is 1. The SMILES string of the molecule is CC1=C/C=C\c2cc(OS(=O)(=O)C(F)(F)F)ccc2CC1. The Bertz CT molecular complexity index is 701. The quantitative estimate of drug-likeness (QED) is 0.615. The minimum absolute atomic E-state index is 0.350. The Morgan fingerprint density at radius 2 is 1.90 bits per heavy atom. The second kappa shape index (κ2) is 5.55. The van der Waals surface area contributed by atoms with E-state index >= 15 is 0 Å². The summed E-state index contributed by atoms with van der Waals surface area (Å²) < 4.78 is 62.9. The van der Waals surface area contributed by atoms with Gasteiger partial charge in [0.1, 0.15) is 5.75 Å². The topological polar surface area (TPSA) is 43.4 Å². The van der Waals surface area contributed by atoms with E-state index in [-0.39, 0.29) is 5.75 Å². The normalized spacial score (nSPS) is 17.2. The van der Waals surface area contributed by atoms with Crippen LogP contribution in [-0.4, -0.2) is 13.9 Å². The van der Waals surface area contributed by atoms with Gasteiger partial charge in [-0.25, -0.2) is 0 Å². The summed E-state index contributed by atoms with van der Waals surface area (Å²) in [5.74, 6) is -0.350. The molecule has 7 heteroatoms. The molecule has 0 atom stereocenters. The molecule has 1 aliphatic rings. The molecule has 114 valence electrons. The summed E-state index contributed by atoms with van der Waals surface area (Å²) in [5, 5.41) is 0. The van der Waals surface area contributed by atoms with Gasteiger partial charge in [0.05, 0.1) is 0 Å². The molecule has 0 spiro atoms. The summed E-state index contributed by atoms with van der Waals surface area (Å²) in [7, 11) is -5.64. The number of allylic oxidation sites excluding steroid dienone is 3. The van der Waals surface area contributed by atoms with Gasteiger partial charge in [-0.15, -0.1) is 0 Å². The van der Waals surface area contributed by atoms with Crippen LogP contribution in [0.15, 0.2) is 35.9 Å². The summed E-state index contributed by atoms with van der Waals surface area (Å²) in [5.41, 5.74) is -2.67. The fraction of sp³-hybridized carbons (Fsp3) is 0.286. The van der Waals surface area contributed by atoms with Crippen molar-refractivity contribution >= 4 is 16.2 Å². The van der Waals surface area contributed by atoms with Gasteiger partial charge in [0.15, 0.2) is 0 Å². The van der Waals surface area contributed by atoms with E-state index in [1.54, 1.807) is 18.2 Å². The maximum atomic E-state index is 12.3. The first-order chi connectivity index (χ1) is 9.69. The predicted molar refractivity (Wildman–Crippen MR) is 73.2 cm³/mol. The molecule has 0 amide bonds. The Labute approximate surface area is 120 Å². The summed E-state index contributed by atoms with van der Waals surface area (Å²) in [6.45, 7) is 1.99. The largest absolute Gasteiger partial charge is 0.534 e. The van der Waals surface area contributed by atoms with Crippen molar-refractivity contribution in [1.82, 2.24) is 0 Å². The molecule has 1 aromatic rings. The number of rotatable bonds is 2. The van der Waals surface area contributed by atoms with E-state index in [9.17, 15) is 21.6 Å². The molecule has 1 aliphatic carbocycles. The highest BCUT2D eigenvalue weighted by atomic mass is 32.2. The van der Waals surface area contributed by atoms with E-state index < -0.39 is 15.6 Å². The summed E-state index contributed by atoms with van der Waals surface area (Å²) >= 11 is 0. The van der Waals surface area contributed by atoms with E-state index in [0.717, 1.165) is 18.4 Å². The van der Waals surface area contributed by atoms with Gasteiger partial charge >= 0.3 is 15.6 Å². The Morgan fingerprint density at radius 3 is 2.57 bits per heavy atom. The van der Waals surface area contributed by atoms with Crippen molar-refractivity contribution in [3.05, 3.63) is 47.1 Å². The average molecular weight is 318 g/mol. The second-order valence-corrected chi connectivity index (χ2v) is 6.25. The van der Waals surface area contributed by atoms with Crippen molar-refractivity contribution in [3.8, 4) is 5.75 Å². The highest BCUT2D eigenvalue weighted by Gasteiger charge is 2.48. The van der Waals surface area contributed by atoms with Crippen LogP contribution in [0.3, 0.4) is 0 Å². The standard InChI is InChI=1S/C14H13F3O3S/c1-10-3-2-4-12-9-13(8-7-11(12)6-5-10)20-21(18,19)14(15,16)17/h2-4,7-9H,5-6H2,1H3/b4-2-,10-3?. The highest BCUT2D eigenvalue weighted by Crippen LogP contribution is 2.29. The van der Waals surface area contributed by atoms with Crippen LogP contribution in [0.5, 0.6) is 5.75 Å². The van der Waals surface area contributed by atoms with Gasteiger partial charge in [-0.2, -0.15) is 21.6 Å². The van der Waals surface area contributed by atoms with Crippen molar-refractivity contribution in [3.63, 3.8) is 0 Å². The van der Waals surface area contributed by atoms with Crippen LogP contribution in [0.4, 0.5) is 13.2 Å². The third-order valence-corrected chi connectivity index (χ3v) is 4.03. The molecular formula is C14H13F3O3S. The first kappa shape index (κ1) is 15.6. The van der Waals surface area contributed by atoms with Crippen LogP contribution in [0, 0.1) is 0 Å². The minimum atomic E-state index is -5.64. The molecule has 0 unspecified atom stereocenters.